The van der Waals surface area contributed by atoms with E-state index in [0.717, 1.165) is 72.2 Å². The number of ether oxygens (including phenoxy) is 1. The molecule has 0 spiro atoms. The van der Waals surface area contributed by atoms with Crippen molar-refractivity contribution in [3.63, 3.8) is 0 Å². The Bertz CT molecular complexity index is 3150. The third-order valence-electron chi connectivity index (χ3n) is 14.9. The molecule has 1 saturated carbocycles. The second-order valence-electron chi connectivity index (χ2n) is 22.4. The number of carbonyl (C=O) groups excluding carboxylic acids is 7. The molecule has 7 amide bonds. The van der Waals surface area contributed by atoms with Crippen LogP contribution >= 0.6 is 11.3 Å². The van der Waals surface area contributed by atoms with Gasteiger partial charge in [-0.15, -0.1) is 11.3 Å². The molecule has 0 radical (unpaired) electrons. The molecule has 1 aliphatic heterocycles. The SMILES string of the molecule is Cc1ncsc1-c1ccc(CNC(=O)[C@@H]2C[C@@H](O)CN2C(=O)C(NC(=O)C2(F)CC2)C(C)(C)C)c(OCC(=O)NCCCCCCCCNC(=O)c2ccc3c(c2)[C@H](NC(=O)c2cc(-c4ccc(C(=O)N(C)C)c(O)c4)on2)CC3)c1. The number of alkyl halides is 1. The predicted octanol–water partition coefficient (Wildman–Crippen LogP) is 6.47. The van der Waals surface area contributed by atoms with Gasteiger partial charge in [0.15, 0.2) is 23.7 Å². The van der Waals surface area contributed by atoms with E-state index in [-0.39, 0.29) is 85.5 Å². The van der Waals surface area contributed by atoms with E-state index in [0.29, 0.717) is 42.0 Å². The van der Waals surface area contributed by atoms with Crippen LogP contribution in [0.4, 0.5) is 4.39 Å². The molecular formula is C59H72FN9O11S. The van der Waals surface area contributed by atoms with Crippen LogP contribution in [0.5, 0.6) is 11.5 Å². The molecule has 1 saturated heterocycles. The topological polar surface area (TPSA) is 275 Å². The number of aliphatic hydroxyl groups excluding tert-OH is 1. The number of aryl methyl sites for hydroxylation is 2. The Balaban J connectivity index is 0.738. The summed E-state index contributed by atoms with van der Waals surface area (Å²) < 4.78 is 26.2. The van der Waals surface area contributed by atoms with Gasteiger partial charge >= 0.3 is 0 Å². The summed E-state index contributed by atoms with van der Waals surface area (Å²) in [5.41, 5.74) is 4.17. The van der Waals surface area contributed by atoms with Crippen molar-refractivity contribution < 1.29 is 57.4 Å². The molecule has 0 bridgehead atoms. The van der Waals surface area contributed by atoms with E-state index in [9.17, 15) is 48.2 Å². The number of phenolic OH excluding ortho intramolecular Hbond substituents is 1. The number of β-amino-alcohol motifs (C(OH)–C–C–N with tert-alkyl or cyclic N) is 1. The third kappa shape index (κ3) is 14.8. The second-order valence-corrected chi connectivity index (χ2v) is 23.3. The fourth-order valence-corrected chi connectivity index (χ4v) is 10.8. The van der Waals surface area contributed by atoms with Gasteiger partial charge in [-0.3, -0.25) is 33.6 Å². The van der Waals surface area contributed by atoms with Crippen LogP contribution in [-0.2, 0) is 32.1 Å². The van der Waals surface area contributed by atoms with Gasteiger partial charge in [0, 0.05) is 69.5 Å². The highest BCUT2D eigenvalue weighted by molar-refractivity contribution is 7.13. The number of hydrogen-bond acceptors (Lipinski definition) is 14. The summed E-state index contributed by atoms with van der Waals surface area (Å²) >= 11 is 1.46. The zero-order chi connectivity index (χ0) is 58.2. The first-order valence-corrected chi connectivity index (χ1v) is 28.4. The van der Waals surface area contributed by atoms with Crippen LogP contribution in [0.1, 0.15) is 145 Å². The summed E-state index contributed by atoms with van der Waals surface area (Å²) in [6, 6.07) is 14.4. The number of benzene rings is 3. The van der Waals surface area contributed by atoms with Crippen LogP contribution in [0, 0.1) is 12.3 Å². The molecule has 1 unspecified atom stereocenters. The molecule has 8 rings (SSSR count). The van der Waals surface area contributed by atoms with Crippen molar-refractivity contribution in [2.75, 3.05) is 40.3 Å². The molecule has 7 N–H and O–H groups in total. The lowest BCUT2D eigenvalue weighted by atomic mass is 9.85. The fraction of sp³-hybridized carbons (Fsp3) is 0.475. The molecule has 22 heteroatoms. The summed E-state index contributed by atoms with van der Waals surface area (Å²) in [6.45, 7) is 7.63. The maximum absolute atomic E-state index is 14.7. The van der Waals surface area contributed by atoms with Gasteiger partial charge in [0.05, 0.1) is 33.8 Å². The minimum absolute atomic E-state index is 0.0216. The monoisotopic (exact) mass is 1130 g/mol. The molecule has 3 aromatic carbocycles. The number of rotatable bonds is 24. The molecule has 81 heavy (non-hydrogen) atoms. The first kappa shape index (κ1) is 59.4. The first-order chi connectivity index (χ1) is 38.6. The number of aliphatic hydroxyl groups is 1. The van der Waals surface area contributed by atoms with Gasteiger partial charge in [0.2, 0.25) is 11.8 Å². The Kier molecular flexibility index (Phi) is 18.9. The van der Waals surface area contributed by atoms with Crippen LogP contribution in [0.3, 0.4) is 0 Å². The Morgan fingerprint density at radius 1 is 0.901 bits per heavy atom. The zero-order valence-corrected chi connectivity index (χ0v) is 47.4. The lowest BCUT2D eigenvalue weighted by molar-refractivity contribution is -0.145. The highest BCUT2D eigenvalue weighted by Gasteiger charge is 2.53. The summed E-state index contributed by atoms with van der Waals surface area (Å²) in [4.78, 5) is 100. The van der Waals surface area contributed by atoms with Gasteiger partial charge in [0.25, 0.3) is 29.5 Å². The van der Waals surface area contributed by atoms with E-state index in [1.807, 2.05) is 25.1 Å². The van der Waals surface area contributed by atoms with Crippen molar-refractivity contribution in [2.24, 2.45) is 5.41 Å². The second kappa shape index (κ2) is 25.8. The number of thiazole rings is 1. The number of phenols is 1. The molecule has 3 heterocycles. The van der Waals surface area contributed by atoms with E-state index in [1.54, 1.807) is 64.6 Å². The van der Waals surface area contributed by atoms with E-state index in [4.69, 9.17) is 9.26 Å². The highest BCUT2D eigenvalue weighted by Crippen LogP contribution is 2.41. The predicted molar refractivity (Wildman–Crippen MR) is 300 cm³/mol. The van der Waals surface area contributed by atoms with Crippen molar-refractivity contribution in [1.29, 1.82) is 0 Å². The molecule has 2 aliphatic carbocycles. The van der Waals surface area contributed by atoms with Crippen molar-refractivity contribution in [3.05, 3.63) is 105 Å². The van der Waals surface area contributed by atoms with Gasteiger partial charge in [-0.05, 0) is 97.9 Å². The maximum Gasteiger partial charge on any atom is 0.273 e. The zero-order valence-electron chi connectivity index (χ0n) is 46.6. The minimum atomic E-state index is -2.00. The molecule has 2 aromatic heterocycles. The van der Waals surface area contributed by atoms with Crippen molar-refractivity contribution in [1.82, 2.24) is 46.5 Å². The van der Waals surface area contributed by atoms with Gasteiger partial charge in [-0.2, -0.15) is 0 Å². The number of aromatic nitrogens is 2. The van der Waals surface area contributed by atoms with Crippen LogP contribution in [0.15, 0.2) is 70.7 Å². The average molecular weight is 1130 g/mol. The van der Waals surface area contributed by atoms with Crippen molar-refractivity contribution in [3.8, 4) is 33.3 Å². The molecule has 5 aromatic rings. The van der Waals surface area contributed by atoms with Crippen LogP contribution in [0.25, 0.3) is 21.8 Å². The Labute approximate surface area is 474 Å². The summed E-state index contributed by atoms with van der Waals surface area (Å²) in [7, 11) is 3.17. The molecule has 4 atom stereocenters. The summed E-state index contributed by atoms with van der Waals surface area (Å²) in [5, 5.41) is 39.4. The summed E-state index contributed by atoms with van der Waals surface area (Å²) in [6.07, 6.45) is 5.79. The van der Waals surface area contributed by atoms with Gasteiger partial charge in [-0.25, -0.2) is 9.37 Å². The number of halogens is 1. The largest absolute Gasteiger partial charge is 0.507 e. The number of nitrogens with zero attached hydrogens (tertiary/aromatic N) is 4. The lowest BCUT2D eigenvalue weighted by Crippen LogP contribution is -2.59. The molecule has 432 valence electrons. The number of carbonyl (C=O) groups is 7. The quantitative estimate of drug-likeness (QED) is 0.0327. The van der Waals surface area contributed by atoms with E-state index < -0.39 is 52.9 Å². The van der Waals surface area contributed by atoms with Crippen molar-refractivity contribution in [2.45, 2.75) is 135 Å². The smallest absolute Gasteiger partial charge is 0.273 e. The standard InChI is InChI=1S/C59H72FN9O11S/c1-34-50(81-33-64-34)37-14-16-39(30-63-54(75)45-28-40(70)31-69(45)56(77)51(58(2,3)4)66-57(78)59(60)21-22-59)47(27-37)79-32-49(72)61-23-11-9-7-8-10-12-24-62-52(73)38-15-13-35-18-20-43(42(35)25-38)65-53(74)44-29-48(80-67-44)36-17-19-41(46(71)26-36)55(76)68(5)6/h13-17,19,25-27,29,33,40,43,45,51,70-71H,7-12,18,20-24,28,30-32H2,1-6H3,(H,61,72)(H,62,73)(H,63,75)(H,65,74)(H,66,78)/t40-,43-,45+,51?/m1/s1. The number of hydrogen-bond donors (Lipinski definition) is 7. The van der Waals surface area contributed by atoms with E-state index in [1.165, 1.54) is 39.3 Å². The summed E-state index contributed by atoms with van der Waals surface area (Å²) in [5.74, 6) is -2.90. The average Bonchev–Trinajstić information content (AvgIpc) is 4.05. The fourth-order valence-electron chi connectivity index (χ4n) is 10.0. The van der Waals surface area contributed by atoms with Crippen LogP contribution in [0.2, 0.25) is 0 Å². The Morgan fingerprint density at radius 3 is 2.30 bits per heavy atom. The minimum Gasteiger partial charge on any atom is -0.507 e. The number of likely N-dealkylation sites (tertiary alicyclic amines) is 1. The highest BCUT2D eigenvalue weighted by atomic mass is 32.1. The number of unbranched alkanes of at least 4 members (excludes halogenated alkanes) is 5. The molecule has 3 aliphatic rings. The van der Waals surface area contributed by atoms with Gasteiger partial charge in [0.1, 0.15) is 23.6 Å². The third-order valence-corrected chi connectivity index (χ3v) is 15.9. The normalized spacial score (nSPS) is 17.4. The van der Waals surface area contributed by atoms with Crippen LogP contribution < -0.4 is 31.3 Å². The van der Waals surface area contributed by atoms with E-state index >= 15 is 0 Å². The Hall–Kier alpha value is -7.72. The number of amides is 7. The first-order valence-electron chi connectivity index (χ1n) is 27.5. The maximum atomic E-state index is 14.7. The molecule has 20 nitrogen and oxygen atoms in total. The Morgan fingerprint density at radius 2 is 1.62 bits per heavy atom. The molecule has 2 fully saturated rings. The lowest BCUT2D eigenvalue weighted by Gasteiger charge is -2.35. The number of fused-ring (bicyclic) bond motifs is 1. The number of nitrogens with one attached hydrogen (secondary N) is 5. The van der Waals surface area contributed by atoms with E-state index in [2.05, 4.69) is 36.7 Å². The van der Waals surface area contributed by atoms with Gasteiger partial charge in [-0.1, -0.05) is 75.9 Å². The number of aromatic hydroxyl groups is 1. The van der Waals surface area contributed by atoms with Gasteiger partial charge < -0.3 is 55.9 Å². The molecular weight excluding hydrogens is 1060 g/mol. The van der Waals surface area contributed by atoms with Crippen LogP contribution in [-0.4, -0.2) is 136 Å². The van der Waals surface area contributed by atoms with Crippen molar-refractivity contribution >= 4 is 52.7 Å².